The SMILES string of the molecule is O=C(O)CCC(=O)NC1CC(NCC(F)(F)F)C1. The molecule has 0 radical (unpaired) electrons. The summed E-state index contributed by atoms with van der Waals surface area (Å²) in [6.07, 6.45) is -3.69. The summed E-state index contributed by atoms with van der Waals surface area (Å²) in [6, 6.07) is -0.395. The fraction of sp³-hybridized carbons (Fsp3) is 0.800. The summed E-state index contributed by atoms with van der Waals surface area (Å²) >= 11 is 0. The number of halogens is 3. The Morgan fingerprint density at radius 2 is 1.78 bits per heavy atom. The maximum absolute atomic E-state index is 11.9. The smallest absolute Gasteiger partial charge is 0.401 e. The predicted molar refractivity (Wildman–Crippen MR) is 55.9 cm³/mol. The van der Waals surface area contributed by atoms with Crippen LogP contribution in [0, 0.1) is 0 Å². The van der Waals surface area contributed by atoms with Gasteiger partial charge in [0.15, 0.2) is 0 Å². The van der Waals surface area contributed by atoms with E-state index >= 15 is 0 Å². The molecular weight excluding hydrogens is 253 g/mol. The van der Waals surface area contributed by atoms with Crippen molar-refractivity contribution in [3.63, 3.8) is 0 Å². The van der Waals surface area contributed by atoms with E-state index in [4.69, 9.17) is 5.11 Å². The highest BCUT2D eigenvalue weighted by Gasteiger charge is 2.34. The van der Waals surface area contributed by atoms with Crippen LogP contribution in [-0.2, 0) is 9.59 Å². The molecule has 0 bridgehead atoms. The van der Waals surface area contributed by atoms with Crippen molar-refractivity contribution in [1.29, 1.82) is 0 Å². The zero-order valence-electron chi connectivity index (χ0n) is 9.59. The fourth-order valence-corrected chi connectivity index (χ4v) is 1.68. The number of carbonyl (C=O) groups is 2. The second-order valence-corrected chi connectivity index (χ2v) is 4.32. The van der Waals surface area contributed by atoms with Gasteiger partial charge < -0.3 is 15.7 Å². The van der Waals surface area contributed by atoms with Crippen LogP contribution in [0.2, 0.25) is 0 Å². The van der Waals surface area contributed by atoms with Gasteiger partial charge in [-0.25, -0.2) is 0 Å². The monoisotopic (exact) mass is 268 g/mol. The van der Waals surface area contributed by atoms with Crippen LogP contribution < -0.4 is 10.6 Å². The van der Waals surface area contributed by atoms with Gasteiger partial charge in [0.05, 0.1) is 13.0 Å². The first-order valence-electron chi connectivity index (χ1n) is 5.57. The lowest BCUT2D eigenvalue weighted by Gasteiger charge is -2.36. The second kappa shape index (κ2) is 6.03. The van der Waals surface area contributed by atoms with Crippen LogP contribution in [0.5, 0.6) is 0 Å². The van der Waals surface area contributed by atoms with Gasteiger partial charge in [-0.2, -0.15) is 13.2 Å². The van der Waals surface area contributed by atoms with Crippen LogP contribution in [0.25, 0.3) is 0 Å². The van der Waals surface area contributed by atoms with Gasteiger partial charge in [-0.1, -0.05) is 0 Å². The van der Waals surface area contributed by atoms with Gasteiger partial charge in [-0.15, -0.1) is 0 Å². The lowest BCUT2D eigenvalue weighted by molar-refractivity contribution is -0.139. The molecule has 1 saturated carbocycles. The van der Waals surface area contributed by atoms with Crippen LogP contribution in [0.4, 0.5) is 13.2 Å². The quantitative estimate of drug-likeness (QED) is 0.661. The van der Waals surface area contributed by atoms with Gasteiger partial charge in [0, 0.05) is 18.5 Å². The molecule has 8 heteroatoms. The van der Waals surface area contributed by atoms with Gasteiger partial charge in [0.2, 0.25) is 5.91 Å². The second-order valence-electron chi connectivity index (χ2n) is 4.32. The lowest BCUT2D eigenvalue weighted by Crippen LogP contribution is -2.53. The molecule has 3 N–H and O–H groups in total. The zero-order chi connectivity index (χ0) is 13.8. The molecule has 1 aliphatic rings. The van der Waals surface area contributed by atoms with Crippen LogP contribution in [0.15, 0.2) is 0 Å². The number of hydrogen-bond donors (Lipinski definition) is 3. The van der Waals surface area contributed by atoms with E-state index in [1.807, 2.05) is 0 Å². The Balaban J connectivity index is 2.08. The van der Waals surface area contributed by atoms with Crippen molar-refractivity contribution < 1.29 is 27.9 Å². The topological polar surface area (TPSA) is 78.4 Å². The van der Waals surface area contributed by atoms with Gasteiger partial charge in [-0.3, -0.25) is 9.59 Å². The highest BCUT2D eigenvalue weighted by atomic mass is 19.4. The Labute approximate surface area is 102 Å². The number of alkyl halides is 3. The standard InChI is InChI=1S/C10H15F3N2O3/c11-10(12,13)5-14-6-3-7(4-6)15-8(16)1-2-9(17)18/h6-7,14H,1-5H2,(H,15,16)(H,17,18). The third kappa shape index (κ3) is 5.85. The minimum absolute atomic E-state index is 0.105. The van der Waals surface area contributed by atoms with Gasteiger partial charge in [0.25, 0.3) is 0 Å². The number of carboxylic acids is 1. The maximum Gasteiger partial charge on any atom is 0.401 e. The Bertz CT molecular complexity index is 314. The predicted octanol–water partition coefficient (Wildman–Crippen LogP) is 0.650. The molecule has 0 aromatic rings. The van der Waals surface area contributed by atoms with Crippen LogP contribution in [0.1, 0.15) is 25.7 Å². The van der Waals surface area contributed by atoms with Gasteiger partial charge >= 0.3 is 12.1 Å². The average molecular weight is 268 g/mol. The Morgan fingerprint density at radius 3 is 2.28 bits per heavy atom. The third-order valence-corrected chi connectivity index (χ3v) is 2.66. The van der Waals surface area contributed by atoms with E-state index in [0.29, 0.717) is 12.8 Å². The van der Waals surface area contributed by atoms with Crippen molar-refractivity contribution in [1.82, 2.24) is 10.6 Å². The first kappa shape index (κ1) is 14.7. The summed E-state index contributed by atoms with van der Waals surface area (Å²) < 4.78 is 35.6. The van der Waals surface area contributed by atoms with E-state index < -0.39 is 18.7 Å². The van der Waals surface area contributed by atoms with E-state index in [2.05, 4.69) is 10.6 Å². The minimum atomic E-state index is -4.23. The van der Waals surface area contributed by atoms with E-state index in [1.54, 1.807) is 0 Å². The van der Waals surface area contributed by atoms with Crippen molar-refractivity contribution in [2.45, 2.75) is 43.9 Å². The minimum Gasteiger partial charge on any atom is -0.481 e. The summed E-state index contributed by atoms with van der Waals surface area (Å²) in [5.74, 6) is -1.43. The molecule has 1 amide bonds. The van der Waals surface area contributed by atoms with Crippen LogP contribution in [0.3, 0.4) is 0 Å². The normalized spacial score (nSPS) is 23.3. The molecule has 0 aromatic heterocycles. The van der Waals surface area contributed by atoms with Crippen molar-refractivity contribution in [2.75, 3.05) is 6.54 Å². The molecule has 0 aromatic carbocycles. The molecule has 104 valence electrons. The maximum atomic E-state index is 11.9. The molecule has 1 rings (SSSR count). The van der Waals surface area contributed by atoms with E-state index in [-0.39, 0.29) is 30.8 Å². The molecule has 0 unspecified atom stereocenters. The molecule has 0 heterocycles. The van der Waals surface area contributed by atoms with E-state index in [9.17, 15) is 22.8 Å². The molecule has 1 fully saturated rings. The van der Waals surface area contributed by atoms with Crippen molar-refractivity contribution in [3.8, 4) is 0 Å². The largest absolute Gasteiger partial charge is 0.481 e. The molecular formula is C10H15F3N2O3. The summed E-state index contributed by atoms with van der Waals surface area (Å²) in [5, 5.41) is 13.3. The summed E-state index contributed by atoms with van der Waals surface area (Å²) in [4.78, 5) is 21.4. The summed E-state index contributed by atoms with van der Waals surface area (Å²) in [7, 11) is 0. The molecule has 5 nitrogen and oxygen atoms in total. The number of nitrogens with one attached hydrogen (secondary N) is 2. The fourth-order valence-electron chi connectivity index (χ4n) is 1.68. The lowest BCUT2D eigenvalue weighted by atomic mass is 9.86. The third-order valence-electron chi connectivity index (χ3n) is 2.66. The molecule has 1 aliphatic carbocycles. The van der Waals surface area contributed by atoms with E-state index in [0.717, 1.165) is 0 Å². The Morgan fingerprint density at radius 1 is 1.17 bits per heavy atom. The van der Waals surface area contributed by atoms with Crippen molar-refractivity contribution in [2.24, 2.45) is 0 Å². The molecule has 0 saturated heterocycles. The van der Waals surface area contributed by atoms with Crippen LogP contribution in [-0.4, -0.2) is 41.8 Å². The van der Waals surface area contributed by atoms with Crippen molar-refractivity contribution in [3.05, 3.63) is 0 Å². The molecule has 0 spiro atoms. The number of aliphatic carboxylic acids is 1. The van der Waals surface area contributed by atoms with Gasteiger partial charge in [-0.05, 0) is 12.8 Å². The zero-order valence-corrected chi connectivity index (χ0v) is 9.59. The number of amides is 1. The average Bonchev–Trinajstić information content (AvgIpc) is 2.16. The van der Waals surface area contributed by atoms with Crippen molar-refractivity contribution >= 4 is 11.9 Å². The highest BCUT2D eigenvalue weighted by Crippen LogP contribution is 2.22. The Kier molecular flexibility index (Phi) is 4.94. The number of hydrogen-bond acceptors (Lipinski definition) is 3. The van der Waals surface area contributed by atoms with E-state index in [1.165, 1.54) is 0 Å². The van der Waals surface area contributed by atoms with Crippen LogP contribution >= 0.6 is 0 Å². The summed E-state index contributed by atoms with van der Waals surface area (Å²) in [5.41, 5.74) is 0. The molecule has 0 atom stereocenters. The summed E-state index contributed by atoms with van der Waals surface area (Å²) in [6.45, 7) is -1.03. The highest BCUT2D eigenvalue weighted by molar-refractivity contribution is 5.80. The molecule has 18 heavy (non-hydrogen) atoms. The first-order valence-corrected chi connectivity index (χ1v) is 5.57. The Hall–Kier alpha value is -1.31. The number of rotatable bonds is 6. The first-order chi connectivity index (χ1) is 8.26. The molecule has 0 aliphatic heterocycles. The number of carboxylic acid groups (broad SMARTS) is 1. The number of carbonyl (C=O) groups excluding carboxylic acids is 1. The van der Waals surface area contributed by atoms with Gasteiger partial charge in [0.1, 0.15) is 0 Å².